The lowest BCUT2D eigenvalue weighted by Gasteiger charge is -2.46. The molecule has 0 bridgehead atoms. The van der Waals surface area contributed by atoms with E-state index in [-0.39, 0.29) is 29.8 Å². The molecule has 17 heavy (non-hydrogen) atoms. The van der Waals surface area contributed by atoms with Crippen LogP contribution in [-0.2, 0) is 14.3 Å². The van der Waals surface area contributed by atoms with Crippen molar-refractivity contribution in [2.24, 2.45) is 5.92 Å². The lowest BCUT2D eigenvalue weighted by Crippen LogP contribution is -2.60. The molecule has 0 aromatic carbocycles. The van der Waals surface area contributed by atoms with Crippen LogP contribution in [0.4, 0.5) is 0 Å². The average molecular weight is 242 g/mol. The molecule has 1 aliphatic heterocycles. The van der Waals surface area contributed by atoms with E-state index >= 15 is 0 Å². The Balaban J connectivity index is 2.18. The van der Waals surface area contributed by atoms with E-state index in [1.165, 1.54) is 7.11 Å². The predicted molar refractivity (Wildman–Crippen MR) is 64.5 cm³/mol. The third-order valence-corrected chi connectivity index (χ3v) is 3.06. The Morgan fingerprint density at radius 2 is 1.94 bits per heavy atom. The van der Waals surface area contributed by atoms with Crippen LogP contribution in [-0.4, -0.2) is 49.1 Å². The van der Waals surface area contributed by atoms with Gasteiger partial charge in [0.1, 0.15) is 0 Å². The Hall–Kier alpha value is -1.10. The lowest BCUT2D eigenvalue weighted by molar-refractivity contribution is -0.140. The van der Waals surface area contributed by atoms with Crippen LogP contribution in [0.25, 0.3) is 0 Å². The van der Waals surface area contributed by atoms with Crippen molar-refractivity contribution in [3.63, 3.8) is 0 Å². The minimum absolute atomic E-state index is 0.0365. The SMILES string of the molecule is COC(=O)CCNC(=O)C1CN(C(C)(C)C)C1. The molecule has 0 spiro atoms. The molecular weight excluding hydrogens is 220 g/mol. The summed E-state index contributed by atoms with van der Waals surface area (Å²) in [5, 5.41) is 2.76. The molecule has 0 radical (unpaired) electrons. The molecule has 5 heteroatoms. The van der Waals surface area contributed by atoms with E-state index in [0.717, 1.165) is 13.1 Å². The highest BCUT2D eigenvalue weighted by molar-refractivity contribution is 5.80. The minimum Gasteiger partial charge on any atom is -0.469 e. The molecule has 1 rings (SSSR count). The molecule has 1 aliphatic rings. The molecule has 98 valence electrons. The summed E-state index contributed by atoms with van der Waals surface area (Å²) in [7, 11) is 1.34. The van der Waals surface area contributed by atoms with Crippen molar-refractivity contribution >= 4 is 11.9 Å². The van der Waals surface area contributed by atoms with Crippen molar-refractivity contribution in [2.45, 2.75) is 32.7 Å². The van der Waals surface area contributed by atoms with E-state index in [2.05, 4.69) is 35.7 Å². The fraction of sp³-hybridized carbons (Fsp3) is 0.833. The maximum absolute atomic E-state index is 11.7. The van der Waals surface area contributed by atoms with E-state index in [1.807, 2.05) is 0 Å². The zero-order valence-corrected chi connectivity index (χ0v) is 11.1. The Labute approximate surface area is 102 Å². The van der Waals surface area contributed by atoms with E-state index in [9.17, 15) is 9.59 Å². The number of amides is 1. The van der Waals surface area contributed by atoms with Gasteiger partial charge in [-0.1, -0.05) is 0 Å². The van der Waals surface area contributed by atoms with Crippen LogP contribution in [0.1, 0.15) is 27.2 Å². The monoisotopic (exact) mass is 242 g/mol. The van der Waals surface area contributed by atoms with Crippen LogP contribution in [0.3, 0.4) is 0 Å². The number of likely N-dealkylation sites (tertiary alicyclic amines) is 1. The summed E-state index contributed by atoms with van der Waals surface area (Å²) in [5.41, 5.74) is 0.128. The van der Waals surface area contributed by atoms with Gasteiger partial charge in [0.05, 0.1) is 19.4 Å². The van der Waals surface area contributed by atoms with Gasteiger partial charge in [0, 0.05) is 25.2 Å². The van der Waals surface area contributed by atoms with Gasteiger partial charge in [0.25, 0.3) is 0 Å². The van der Waals surface area contributed by atoms with Gasteiger partial charge in [-0.2, -0.15) is 0 Å². The zero-order valence-electron chi connectivity index (χ0n) is 11.1. The van der Waals surface area contributed by atoms with Crippen molar-refractivity contribution in [2.75, 3.05) is 26.7 Å². The molecule has 0 unspecified atom stereocenters. The van der Waals surface area contributed by atoms with E-state index in [0.29, 0.717) is 6.54 Å². The largest absolute Gasteiger partial charge is 0.469 e. The fourth-order valence-corrected chi connectivity index (χ4v) is 1.73. The lowest BCUT2D eigenvalue weighted by atomic mass is 9.92. The number of hydrogen-bond acceptors (Lipinski definition) is 4. The van der Waals surface area contributed by atoms with Crippen LogP contribution >= 0.6 is 0 Å². The molecule has 1 heterocycles. The number of carbonyl (C=O) groups excluding carboxylic acids is 2. The first kappa shape index (κ1) is 14.0. The standard InChI is InChI=1S/C12H22N2O3/c1-12(2,3)14-7-9(8-14)11(16)13-6-5-10(15)17-4/h9H,5-8H2,1-4H3,(H,13,16). The summed E-state index contributed by atoms with van der Waals surface area (Å²) in [6, 6.07) is 0. The Morgan fingerprint density at radius 1 is 1.35 bits per heavy atom. The Morgan fingerprint density at radius 3 is 2.41 bits per heavy atom. The number of ether oxygens (including phenoxy) is 1. The third kappa shape index (κ3) is 4.00. The fourth-order valence-electron chi connectivity index (χ4n) is 1.73. The van der Waals surface area contributed by atoms with E-state index in [1.54, 1.807) is 0 Å². The summed E-state index contributed by atoms with van der Waals surface area (Å²) < 4.78 is 4.50. The molecule has 0 aromatic rings. The van der Waals surface area contributed by atoms with E-state index < -0.39 is 0 Å². The van der Waals surface area contributed by atoms with Gasteiger partial charge in [-0.3, -0.25) is 14.5 Å². The van der Waals surface area contributed by atoms with Crippen molar-refractivity contribution in [3.05, 3.63) is 0 Å². The molecule has 1 N–H and O–H groups in total. The van der Waals surface area contributed by atoms with Crippen LogP contribution in [0.5, 0.6) is 0 Å². The number of hydrogen-bond donors (Lipinski definition) is 1. The van der Waals surface area contributed by atoms with Gasteiger partial charge < -0.3 is 10.1 Å². The quantitative estimate of drug-likeness (QED) is 0.725. The second-order valence-corrected chi connectivity index (χ2v) is 5.39. The summed E-state index contributed by atoms with van der Waals surface area (Å²) in [4.78, 5) is 24.8. The van der Waals surface area contributed by atoms with Crippen molar-refractivity contribution in [3.8, 4) is 0 Å². The highest BCUT2D eigenvalue weighted by atomic mass is 16.5. The minimum atomic E-state index is -0.296. The predicted octanol–water partition coefficient (Wildman–Crippen LogP) is 0.396. The Bertz CT molecular complexity index is 291. The number of methoxy groups -OCH3 is 1. The van der Waals surface area contributed by atoms with Crippen LogP contribution < -0.4 is 5.32 Å². The number of rotatable bonds is 4. The second kappa shape index (κ2) is 5.49. The normalized spacial score (nSPS) is 17.4. The molecule has 0 aliphatic carbocycles. The highest BCUT2D eigenvalue weighted by Gasteiger charge is 2.38. The van der Waals surface area contributed by atoms with Crippen LogP contribution in [0, 0.1) is 5.92 Å². The first-order valence-corrected chi connectivity index (χ1v) is 5.94. The van der Waals surface area contributed by atoms with Crippen LogP contribution in [0.2, 0.25) is 0 Å². The zero-order chi connectivity index (χ0) is 13.1. The summed E-state index contributed by atoms with van der Waals surface area (Å²) >= 11 is 0. The molecule has 1 fully saturated rings. The summed E-state index contributed by atoms with van der Waals surface area (Å²) in [5.74, 6) is -0.198. The summed E-state index contributed by atoms with van der Waals surface area (Å²) in [6.07, 6.45) is 0.234. The number of esters is 1. The number of carbonyl (C=O) groups is 2. The molecule has 1 amide bonds. The molecule has 1 saturated heterocycles. The number of nitrogens with one attached hydrogen (secondary N) is 1. The first-order valence-electron chi connectivity index (χ1n) is 5.94. The molecule has 0 aromatic heterocycles. The maximum atomic E-state index is 11.7. The maximum Gasteiger partial charge on any atom is 0.307 e. The number of nitrogens with zero attached hydrogens (tertiary/aromatic N) is 1. The molecule has 0 atom stereocenters. The van der Waals surface area contributed by atoms with Gasteiger partial charge in [-0.25, -0.2) is 0 Å². The topological polar surface area (TPSA) is 58.6 Å². The highest BCUT2D eigenvalue weighted by Crippen LogP contribution is 2.25. The van der Waals surface area contributed by atoms with E-state index in [4.69, 9.17) is 0 Å². The van der Waals surface area contributed by atoms with Crippen molar-refractivity contribution in [1.29, 1.82) is 0 Å². The third-order valence-electron chi connectivity index (χ3n) is 3.06. The van der Waals surface area contributed by atoms with Gasteiger partial charge in [0.15, 0.2) is 0 Å². The second-order valence-electron chi connectivity index (χ2n) is 5.39. The average Bonchev–Trinajstić information content (AvgIpc) is 2.12. The first-order chi connectivity index (χ1) is 7.84. The summed E-state index contributed by atoms with van der Waals surface area (Å²) in [6.45, 7) is 8.37. The van der Waals surface area contributed by atoms with Gasteiger partial charge in [-0.05, 0) is 20.8 Å². The van der Waals surface area contributed by atoms with Crippen LogP contribution in [0.15, 0.2) is 0 Å². The molecular formula is C12H22N2O3. The molecule has 0 saturated carbocycles. The van der Waals surface area contributed by atoms with Gasteiger partial charge >= 0.3 is 5.97 Å². The smallest absolute Gasteiger partial charge is 0.307 e. The van der Waals surface area contributed by atoms with Gasteiger partial charge in [-0.15, -0.1) is 0 Å². The Kier molecular flexibility index (Phi) is 4.51. The van der Waals surface area contributed by atoms with Gasteiger partial charge in [0.2, 0.25) is 5.91 Å². The van der Waals surface area contributed by atoms with Crippen molar-refractivity contribution < 1.29 is 14.3 Å². The van der Waals surface area contributed by atoms with Crippen molar-refractivity contribution in [1.82, 2.24) is 10.2 Å². The molecule has 5 nitrogen and oxygen atoms in total.